The molecule has 3 heterocycles. The van der Waals surface area contributed by atoms with Crippen LogP contribution < -0.4 is 20.5 Å². The number of nitrogens with two attached hydrogens (primary N) is 1. The molecule has 0 aliphatic carbocycles. The van der Waals surface area contributed by atoms with Gasteiger partial charge in [0.15, 0.2) is 11.5 Å². The van der Waals surface area contributed by atoms with E-state index in [-0.39, 0.29) is 46.4 Å². The standard InChI is InChI=1S/C23H21F3N6O4/c1-11(17-22(35-3)29-9-8-28-17)30-20(33)19-15(10-27)36-21(32-19)13-4-6-14(34-2)18-12(13)5-7-16(31-18)23(24,25)26/h4-9,11H,10,27H2,1-3H3,(H,30,33). The average Bonchev–Trinajstić information content (AvgIpc) is 3.31. The van der Waals surface area contributed by atoms with Crippen molar-refractivity contribution in [1.29, 1.82) is 0 Å². The van der Waals surface area contributed by atoms with Crippen LogP contribution in [0.15, 0.2) is 41.1 Å². The summed E-state index contributed by atoms with van der Waals surface area (Å²) < 4.78 is 55.8. The molecule has 0 saturated heterocycles. The molecule has 13 heteroatoms. The summed E-state index contributed by atoms with van der Waals surface area (Å²) in [6.45, 7) is 1.54. The van der Waals surface area contributed by atoms with Crippen molar-refractivity contribution in [2.24, 2.45) is 5.73 Å². The van der Waals surface area contributed by atoms with E-state index in [1.165, 1.54) is 38.7 Å². The molecule has 188 valence electrons. The fourth-order valence-corrected chi connectivity index (χ4v) is 3.61. The minimum absolute atomic E-state index is 0.0143. The van der Waals surface area contributed by atoms with Crippen molar-refractivity contribution in [3.63, 3.8) is 0 Å². The zero-order valence-corrected chi connectivity index (χ0v) is 19.4. The number of benzene rings is 1. The number of methoxy groups -OCH3 is 2. The number of pyridine rings is 1. The Morgan fingerprint density at radius 2 is 1.86 bits per heavy atom. The number of hydrogen-bond donors (Lipinski definition) is 2. The predicted octanol–water partition coefficient (Wildman–Crippen LogP) is 3.67. The smallest absolute Gasteiger partial charge is 0.433 e. The Morgan fingerprint density at radius 1 is 1.11 bits per heavy atom. The summed E-state index contributed by atoms with van der Waals surface area (Å²) in [4.78, 5) is 29.3. The fourth-order valence-electron chi connectivity index (χ4n) is 3.61. The molecule has 0 bridgehead atoms. The molecule has 3 aromatic heterocycles. The van der Waals surface area contributed by atoms with Gasteiger partial charge in [0.25, 0.3) is 5.91 Å². The summed E-state index contributed by atoms with van der Waals surface area (Å²) >= 11 is 0. The molecule has 0 spiro atoms. The number of alkyl halides is 3. The van der Waals surface area contributed by atoms with Crippen molar-refractivity contribution in [3.05, 3.63) is 59.5 Å². The summed E-state index contributed by atoms with van der Waals surface area (Å²) in [7, 11) is 2.76. The first kappa shape index (κ1) is 24.9. The number of hydrogen-bond acceptors (Lipinski definition) is 9. The predicted molar refractivity (Wildman–Crippen MR) is 121 cm³/mol. The van der Waals surface area contributed by atoms with Crippen LogP contribution in [-0.2, 0) is 12.7 Å². The molecule has 0 radical (unpaired) electrons. The number of nitrogens with zero attached hydrogens (tertiary/aromatic N) is 4. The van der Waals surface area contributed by atoms with Crippen LogP contribution in [0, 0.1) is 0 Å². The molecular formula is C23H21F3N6O4. The van der Waals surface area contributed by atoms with Gasteiger partial charge >= 0.3 is 6.18 Å². The third-order valence-electron chi connectivity index (χ3n) is 5.30. The van der Waals surface area contributed by atoms with Crippen molar-refractivity contribution >= 4 is 16.8 Å². The number of ether oxygens (including phenoxy) is 2. The third-order valence-corrected chi connectivity index (χ3v) is 5.30. The quantitative estimate of drug-likeness (QED) is 0.388. The van der Waals surface area contributed by atoms with Gasteiger partial charge in [0.1, 0.15) is 22.7 Å². The maximum absolute atomic E-state index is 13.2. The topological polar surface area (TPSA) is 138 Å². The number of rotatable bonds is 7. The molecule has 1 aromatic carbocycles. The van der Waals surface area contributed by atoms with Gasteiger partial charge in [-0.1, -0.05) is 0 Å². The zero-order chi connectivity index (χ0) is 26.0. The Kier molecular flexibility index (Phi) is 6.75. The molecule has 0 saturated carbocycles. The van der Waals surface area contributed by atoms with E-state index >= 15 is 0 Å². The van der Waals surface area contributed by atoms with Crippen LogP contribution in [0.3, 0.4) is 0 Å². The van der Waals surface area contributed by atoms with Gasteiger partial charge in [0.2, 0.25) is 11.8 Å². The first-order valence-corrected chi connectivity index (χ1v) is 10.6. The first-order chi connectivity index (χ1) is 17.2. The Hall–Kier alpha value is -4.26. The van der Waals surface area contributed by atoms with Crippen molar-refractivity contribution in [2.45, 2.75) is 25.7 Å². The number of fused-ring (bicyclic) bond motifs is 1. The molecule has 4 aromatic rings. The van der Waals surface area contributed by atoms with Crippen LogP contribution in [-0.4, -0.2) is 40.1 Å². The van der Waals surface area contributed by atoms with E-state index < -0.39 is 23.8 Å². The normalized spacial score (nSPS) is 12.4. The lowest BCUT2D eigenvalue weighted by Crippen LogP contribution is -2.29. The maximum Gasteiger partial charge on any atom is 0.433 e. The molecule has 0 fully saturated rings. The minimum Gasteiger partial charge on any atom is -0.494 e. The van der Waals surface area contributed by atoms with Gasteiger partial charge < -0.3 is 24.9 Å². The molecule has 10 nitrogen and oxygen atoms in total. The van der Waals surface area contributed by atoms with Crippen molar-refractivity contribution in [2.75, 3.05) is 14.2 Å². The van der Waals surface area contributed by atoms with E-state index in [4.69, 9.17) is 19.6 Å². The van der Waals surface area contributed by atoms with E-state index in [0.29, 0.717) is 11.3 Å². The Labute approximate surface area is 202 Å². The number of carbonyl (C=O) groups is 1. The molecule has 1 unspecified atom stereocenters. The molecule has 0 aliphatic rings. The SMILES string of the molecule is COc1nccnc1C(C)NC(=O)c1nc(-c2ccc(OC)c3nc(C(F)(F)F)ccc23)oc1CN. The van der Waals surface area contributed by atoms with E-state index in [1.807, 2.05) is 0 Å². The summed E-state index contributed by atoms with van der Waals surface area (Å²) in [5, 5.41) is 3.04. The second kappa shape index (κ2) is 9.77. The summed E-state index contributed by atoms with van der Waals surface area (Å²) in [6.07, 6.45) is -1.72. The summed E-state index contributed by atoms with van der Waals surface area (Å²) in [5.74, 6) is -0.138. The van der Waals surface area contributed by atoms with Gasteiger partial charge in [-0.25, -0.2) is 15.0 Å². The molecule has 0 aliphatic heterocycles. The number of carbonyl (C=O) groups excluding carboxylic acids is 1. The van der Waals surface area contributed by atoms with Crippen LogP contribution in [0.25, 0.3) is 22.4 Å². The Bertz CT molecular complexity index is 1420. The number of oxazole rings is 1. The highest BCUT2D eigenvalue weighted by molar-refractivity contribution is 5.98. The number of halogens is 3. The van der Waals surface area contributed by atoms with Crippen molar-refractivity contribution in [1.82, 2.24) is 25.3 Å². The number of nitrogens with one attached hydrogen (secondary N) is 1. The number of amides is 1. The van der Waals surface area contributed by atoms with Crippen LogP contribution in [0.4, 0.5) is 13.2 Å². The lowest BCUT2D eigenvalue weighted by molar-refractivity contribution is -0.140. The monoisotopic (exact) mass is 502 g/mol. The third kappa shape index (κ3) is 4.64. The molecule has 4 rings (SSSR count). The van der Waals surface area contributed by atoms with Crippen molar-refractivity contribution in [3.8, 4) is 23.1 Å². The van der Waals surface area contributed by atoms with E-state index in [9.17, 15) is 18.0 Å². The fraction of sp³-hybridized carbons (Fsp3) is 0.261. The van der Waals surface area contributed by atoms with E-state index in [2.05, 4.69) is 25.3 Å². The highest BCUT2D eigenvalue weighted by atomic mass is 19.4. The lowest BCUT2D eigenvalue weighted by atomic mass is 10.1. The highest BCUT2D eigenvalue weighted by Gasteiger charge is 2.33. The summed E-state index contributed by atoms with van der Waals surface area (Å²) in [6, 6.07) is 4.49. The summed E-state index contributed by atoms with van der Waals surface area (Å²) in [5.41, 5.74) is 5.30. The minimum atomic E-state index is -4.64. The second-order valence-corrected chi connectivity index (χ2v) is 7.55. The number of aromatic nitrogens is 4. The van der Waals surface area contributed by atoms with Gasteiger partial charge in [0, 0.05) is 23.3 Å². The van der Waals surface area contributed by atoms with Crippen LogP contribution in [0.2, 0.25) is 0 Å². The molecular weight excluding hydrogens is 481 g/mol. The molecule has 1 atom stereocenters. The largest absolute Gasteiger partial charge is 0.494 e. The average molecular weight is 502 g/mol. The van der Waals surface area contributed by atoms with Gasteiger partial charge in [-0.05, 0) is 31.2 Å². The lowest BCUT2D eigenvalue weighted by Gasteiger charge is -2.14. The van der Waals surface area contributed by atoms with Gasteiger partial charge in [0.05, 0.1) is 26.8 Å². The van der Waals surface area contributed by atoms with Gasteiger partial charge in [-0.3, -0.25) is 9.78 Å². The maximum atomic E-state index is 13.2. The Morgan fingerprint density at radius 3 is 2.53 bits per heavy atom. The van der Waals surface area contributed by atoms with Crippen LogP contribution in [0.5, 0.6) is 11.6 Å². The molecule has 3 N–H and O–H groups in total. The zero-order valence-electron chi connectivity index (χ0n) is 19.4. The molecule has 1 amide bonds. The second-order valence-electron chi connectivity index (χ2n) is 7.55. The van der Waals surface area contributed by atoms with E-state index in [0.717, 1.165) is 6.07 Å². The van der Waals surface area contributed by atoms with Gasteiger partial charge in [-0.2, -0.15) is 13.2 Å². The van der Waals surface area contributed by atoms with Crippen molar-refractivity contribution < 1.29 is 31.9 Å². The Balaban J connectivity index is 1.73. The highest BCUT2D eigenvalue weighted by Crippen LogP contribution is 2.37. The van der Waals surface area contributed by atoms with E-state index in [1.54, 1.807) is 13.0 Å². The first-order valence-electron chi connectivity index (χ1n) is 10.6. The van der Waals surface area contributed by atoms with Crippen LogP contribution >= 0.6 is 0 Å². The van der Waals surface area contributed by atoms with Crippen LogP contribution in [0.1, 0.15) is 40.6 Å². The van der Waals surface area contributed by atoms with Gasteiger partial charge in [-0.15, -0.1) is 0 Å². The molecule has 36 heavy (non-hydrogen) atoms.